The Morgan fingerprint density at radius 2 is 2.12 bits per heavy atom. The lowest BCUT2D eigenvalue weighted by molar-refractivity contribution is -0.404. The Bertz CT molecular complexity index is 377. The van der Waals surface area contributed by atoms with E-state index in [9.17, 15) is 10.1 Å². The summed E-state index contributed by atoms with van der Waals surface area (Å²) in [5.74, 6) is 0.433. The predicted molar refractivity (Wildman–Crippen MR) is 66.9 cm³/mol. The minimum Gasteiger partial charge on any atom is -0.370 e. The van der Waals surface area contributed by atoms with Crippen molar-refractivity contribution in [3.05, 3.63) is 58.0 Å². The molecule has 0 saturated heterocycles. The molecule has 17 heavy (non-hydrogen) atoms. The largest absolute Gasteiger partial charge is 0.370 e. The van der Waals surface area contributed by atoms with Crippen LogP contribution in [0.1, 0.15) is 12.0 Å². The smallest absolute Gasteiger partial charge is 0.274 e. The predicted octanol–water partition coefficient (Wildman–Crippen LogP) is 1.50. The second kappa shape index (κ2) is 7.27. The van der Waals surface area contributed by atoms with Crippen LogP contribution >= 0.6 is 0 Å². The van der Waals surface area contributed by atoms with Gasteiger partial charge in [0.25, 0.3) is 6.20 Å². The molecule has 0 amide bonds. The van der Waals surface area contributed by atoms with Gasteiger partial charge in [-0.2, -0.15) is 0 Å². The number of hydrogen-bond donors (Lipinski definition) is 2. The van der Waals surface area contributed by atoms with Crippen molar-refractivity contribution < 1.29 is 4.92 Å². The summed E-state index contributed by atoms with van der Waals surface area (Å²) < 4.78 is 0. The molecule has 0 aromatic heterocycles. The first-order chi connectivity index (χ1) is 8.22. The summed E-state index contributed by atoms with van der Waals surface area (Å²) in [6.45, 7) is 0.704. The zero-order valence-corrected chi connectivity index (χ0v) is 9.85. The third-order valence-corrected chi connectivity index (χ3v) is 2.30. The molecule has 0 saturated carbocycles. The minimum absolute atomic E-state index is 0.433. The lowest BCUT2D eigenvalue weighted by Gasteiger charge is -2.07. The maximum absolute atomic E-state index is 10.3. The van der Waals surface area contributed by atoms with Gasteiger partial charge in [0.05, 0.1) is 4.92 Å². The van der Waals surface area contributed by atoms with Crippen LogP contribution in [0.5, 0.6) is 0 Å². The molecule has 0 heterocycles. The molecule has 5 nitrogen and oxygen atoms in total. The van der Waals surface area contributed by atoms with Crippen LogP contribution in [0.15, 0.2) is 42.4 Å². The van der Waals surface area contributed by atoms with Gasteiger partial charge < -0.3 is 10.6 Å². The maximum atomic E-state index is 10.3. The first-order valence-electron chi connectivity index (χ1n) is 5.53. The molecule has 1 aromatic carbocycles. The second-order valence-electron chi connectivity index (χ2n) is 3.59. The molecule has 0 bridgehead atoms. The van der Waals surface area contributed by atoms with E-state index in [2.05, 4.69) is 22.8 Å². The molecule has 0 aliphatic carbocycles. The molecular weight excluding hydrogens is 218 g/mol. The van der Waals surface area contributed by atoms with Gasteiger partial charge in [-0.05, 0) is 18.4 Å². The molecule has 0 radical (unpaired) electrons. The summed E-state index contributed by atoms with van der Waals surface area (Å²) >= 11 is 0. The van der Waals surface area contributed by atoms with Gasteiger partial charge in [-0.25, -0.2) is 0 Å². The Labute approximate surface area is 101 Å². The van der Waals surface area contributed by atoms with Crippen LogP contribution in [-0.4, -0.2) is 18.5 Å². The quantitative estimate of drug-likeness (QED) is 0.427. The first kappa shape index (κ1) is 13.0. The van der Waals surface area contributed by atoms with Crippen molar-refractivity contribution in [2.24, 2.45) is 0 Å². The van der Waals surface area contributed by atoms with Gasteiger partial charge in [0, 0.05) is 13.6 Å². The molecule has 2 N–H and O–H groups in total. The molecule has 0 atom stereocenters. The number of hydrogen-bond acceptors (Lipinski definition) is 4. The van der Waals surface area contributed by atoms with Gasteiger partial charge in [-0.1, -0.05) is 30.3 Å². The van der Waals surface area contributed by atoms with Gasteiger partial charge in [0.2, 0.25) is 0 Å². The number of nitrogens with zero attached hydrogens (tertiary/aromatic N) is 1. The van der Waals surface area contributed by atoms with Crippen LogP contribution in [0, 0.1) is 10.1 Å². The molecule has 1 rings (SSSR count). The van der Waals surface area contributed by atoms with Crippen molar-refractivity contribution in [1.29, 1.82) is 0 Å². The average molecular weight is 235 g/mol. The molecule has 0 fully saturated rings. The van der Waals surface area contributed by atoms with Crippen molar-refractivity contribution in [1.82, 2.24) is 10.6 Å². The molecule has 5 heteroatoms. The second-order valence-corrected chi connectivity index (χ2v) is 3.59. The van der Waals surface area contributed by atoms with Gasteiger partial charge in [-0.3, -0.25) is 10.1 Å². The van der Waals surface area contributed by atoms with Crippen LogP contribution in [0.2, 0.25) is 0 Å². The van der Waals surface area contributed by atoms with E-state index in [4.69, 9.17) is 0 Å². The normalized spacial score (nSPS) is 11.0. The van der Waals surface area contributed by atoms with Crippen LogP contribution < -0.4 is 10.6 Å². The Morgan fingerprint density at radius 3 is 2.71 bits per heavy atom. The van der Waals surface area contributed by atoms with E-state index < -0.39 is 4.92 Å². The molecule has 1 aromatic rings. The highest BCUT2D eigenvalue weighted by molar-refractivity contribution is 5.14. The summed E-state index contributed by atoms with van der Waals surface area (Å²) in [6.07, 6.45) is 2.83. The maximum Gasteiger partial charge on any atom is 0.274 e. The molecule has 0 spiro atoms. The van der Waals surface area contributed by atoms with E-state index in [1.54, 1.807) is 7.05 Å². The summed E-state index contributed by atoms with van der Waals surface area (Å²) in [7, 11) is 1.65. The number of nitro groups is 1. The van der Waals surface area contributed by atoms with Crippen molar-refractivity contribution >= 4 is 0 Å². The average Bonchev–Trinajstić information content (AvgIpc) is 2.34. The zero-order chi connectivity index (χ0) is 12.5. The molecule has 92 valence electrons. The van der Waals surface area contributed by atoms with Crippen LogP contribution in [0.25, 0.3) is 0 Å². The van der Waals surface area contributed by atoms with Crippen molar-refractivity contribution in [2.45, 2.75) is 12.8 Å². The number of rotatable bonds is 7. The van der Waals surface area contributed by atoms with E-state index in [1.165, 1.54) is 5.56 Å². The van der Waals surface area contributed by atoms with Gasteiger partial charge >= 0.3 is 0 Å². The minimum atomic E-state index is -0.476. The number of nitrogens with one attached hydrogen (secondary N) is 2. The van der Waals surface area contributed by atoms with E-state index in [1.807, 2.05) is 18.2 Å². The van der Waals surface area contributed by atoms with Gasteiger partial charge in [0.15, 0.2) is 5.82 Å². The SMILES string of the molecule is CN/C(=C\[N+](=O)[O-])NCCCc1ccccc1. The molecule has 0 aliphatic rings. The standard InChI is InChI=1S/C12H17N3O2/c1-13-12(10-15(16)17)14-9-5-8-11-6-3-2-4-7-11/h2-4,6-7,10,13-14H,5,8-9H2,1H3/b12-10+. The Balaban J connectivity index is 2.26. The lowest BCUT2D eigenvalue weighted by atomic mass is 10.1. The van der Waals surface area contributed by atoms with E-state index in [0.29, 0.717) is 12.4 Å². The first-order valence-corrected chi connectivity index (χ1v) is 5.53. The van der Waals surface area contributed by atoms with E-state index in [0.717, 1.165) is 19.0 Å². The summed E-state index contributed by atoms with van der Waals surface area (Å²) in [5, 5.41) is 16.0. The fraction of sp³-hybridized carbons (Fsp3) is 0.333. The van der Waals surface area contributed by atoms with Crippen molar-refractivity contribution in [2.75, 3.05) is 13.6 Å². The highest BCUT2D eigenvalue weighted by atomic mass is 16.6. The Hall–Kier alpha value is -2.04. The number of benzene rings is 1. The van der Waals surface area contributed by atoms with Crippen molar-refractivity contribution in [3.8, 4) is 0 Å². The topological polar surface area (TPSA) is 67.2 Å². The van der Waals surface area contributed by atoms with Crippen LogP contribution in [0.3, 0.4) is 0 Å². The third-order valence-electron chi connectivity index (χ3n) is 2.30. The van der Waals surface area contributed by atoms with E-state index in [-0.39, 0.29) is 0 Å². The van der Waals surface area contributed by atoms with E-state index >= 15 is 0 Å². The highest BCUT2D eigenvalue weighted by Crippen LogP contribution is 2.01. The summed E-state index contributed by atoms with van der Waals surface area (Å²) in [6, 6.07) is 10.2. The fourth-order valence-electron chi connectivity index (χ4n) is 1.46. The fourth-order valence-corrected chi connectivity index (χ4v) is 1.46. The zero-order valence-electron chi connectivity index (χ0n) is 9.85. The third kappa shape index (κ3) is 5.55. The van der Waals surface area contributed by atoms with Crippen LogP contribution in [-0.2, 0) is 6.42 Å². The van der Waals surface area contributed by atoms with Gasteiger partial charge in [-0.15, -0.1) is 0 Å². The van der Waals surface area contributed by atoms with Crippen molar-refractivity contribution in [3.63, 3.8) is 0 Å². The molecular formula is C12H17N3O2. The summed E-state index contributed by atoms with van der Waals surface area (Å²) in [4.78, 5) is 9.80. The van der Waals surface area contributed by atoms with Crippen LogP contribution in [0.4, 0.5) is 0 Å². The monoisotopic (exact) mass is 235 g/mol. The molecule has 0 unspecified atom stereocenters. The number of aryl methyl sites for hydroxylation is 1. The summed E-state index contributed by atoms with van der Waals surface area (Å²) in [5.41, 5.74) is 1.28. The highest BCUT2D eigenvalue weighted by Gasteiger charge is 1.99. The molecule has 0 aliphatic heterocycles. The Morgan fingerprint density at radius 1 is 1.41 bits per heavy atom. The lowest BCUT2D eigenvalue weighted by Crippen LogP contribution is -2.25. The van der Waals surface area contributed by atoms with Gasteiger partial charge in [0.1, 0.15) is 0 Å². The Kier molecular flexibility index (Phi) is 5.57.